The quantitative estimate of drug-likeness (QED) is 0.615. The molecule has 0 aromatic heterocycles. The van der Waals surface area contributed by atoms with E-state index in [1.54, 1.807) is 13.0 Å². The van der Waals surface area contributed by atoms with E-state index in [1.807, 2.05) is 6.07 Å². The molecule has 0 aliphatic carbocycles. The number of rotatable bonds is 5. The molecule has 1 fully saturated rings. The molecule has 6 heteroatoms. The zero-order valence-corrected chi connectivity index (χ0v) is 12.4. The second-order valence-corrected chi connectivity index (χ2v) is 5.46. The highest BCUT2D eigenvalue weighted by Crippen LogP contribution is 2.25. The van der Waals surface area contributed by atoms with Crippen molar-refractivity contribution in [2.75, 3.05) is 20.2 Å². The first-order valence-corrected chi connectivity index (χ1v) is 7.04. The average Bonchev–Trinajstić information content (AvgIpc) is 2.47. The number of non-ortho nitro benzene ring substituents is 1. The molecule has 0 saturated carbocycles. The van der Waals surface area contributed by atoms with Crippen LogP contribution < -0.4 is 4.74 Å². The van der Waals surface area contributed by atoms with Crippen LogP contribution in [0.4, 0.5) is 5.69 Å². The van der Waals surface area contributed by atoms with Gasteiger partial charge in [0.15, 0.2) is 0 Å². The number of piperidine rings is 1. The summed E-state index contributed by atoms with van der Waals surface area (Å²) in [7, 11) is 1.50. The fraction of sp³-hybridized carbons (Fsp3) is 0.533. The summed E-state index contributed by atoms with van der Waals surface area (Å²) in [5.41, 5.74) is 0.908. The summed E-state index contributed by atoms with van der Waals surface area (Å²) in [6.45, 7) is 3.97. The first kappa shape index (κ1) is 15.4. The Kier molecular flexibility index (Phi) is 4.90. The lowest BCUT2D eigenvalue weighted by atomic mass is 9.93. The van der Waals surface area contributed by atoms with Gasteiger partial charge >= 0.3 is 0 Å². The lowest BCUT2D eigenvalue weighted by Gasteiger charge is -2.30. The Balaban J connectivity index is 2.04. The van der Waals surface area contributed by atoms with Gasteiger partial charge in [0.1, 0.15) is 11.5 Å². The standard InChI is InChI=1S/C15H20N2O4/c1-11(18)13-3-5-16(6-4-13)10-12-7-14(17(19)20)9-15(8-12)21-2/h7-9,13H,3-6,10H2,1-2H3. The SMILES string of the molecule is COc1cc(CN2CCC(C(C)=O)CC2)cc([N+](=O)[O-])c1. The van der Waals surface area contributed by atoms with Crippen LogP contribution >= 0.6 is 0 Å². The summed E-state index contributed by atoms with van der Waals surface area (Å²) in [4.78, 5) is 24.1. The van der Waals surface area contributed by atoms with Crippen LogP contribution in [-0.2, 0) is 11.3 Å². The summed E-state index contributed by atoms with van der Waals surface area (Å²) in [5, 5.41) is 10.9. The third-order valence-corrected chi connectivity index (χ3v) is 3.97. The van der Waals surface area contributed by atoms with Gasteiger partial charge in [0.05, 0.1) is 18.1 Å². The number of carbonyl (C=O) groups excluding carboxylic acids is 1. The highest BCUT2D eigenvalue weighted by atomic mass is 16.6. The topological polar surface area (TPSA) is 72.7 Å². The maximum Gasteiger partial charge on any atom is 0.273 e. The number of nitro groups is 1. The van der Waals surface area contributed by atoms with Gasteiger partial charge in [-0.05, 0) is 44.5 Å². The van der Waals surface area contributed by atoms with Crippen LogP contribution in [0.3, 0.4) is 0 Å². The molecule has 1 aliphatic heterocycles. The van der Waals surface area contributed by atoms with Crippen molar-refractivity contribution in [1.29, 1.82) is 0 Å². The molecule has 2 rings (SSSR count). The third kappa shape index (κ3) is 4.01. The minimum Gasteiger partial charge on any atom is -0.496 e. The summed E-state index contributed by atoms with van der Waals surface area (Å²) in [5.74, 6) is 0.922. The van der Waals surface area contributed by atoms with Crippen molar-refractivity contribution in [2.45, 2.75) is 26.3 Å². The smallest absolute Gasteiger partial charge is 0.273 e. The molecule has 114 valence electrons. The molecule has 6 nitrogen and oxygen atoms in total. The molecule has 0 amide bonds. The largest absolute Gasteiger partial charge is 0.496 e. The molecule has 1 aliphatic rings. The molecular weight excluding hydrogens is 272 g/mol. The number of methoxy groups -OCH3 is 1. The number of ketones is 1. The maximum atomic E-state index is 11.4. The van der Waals surface area contributed by atoms with Crippen molar-refractivity contribution in [3.8, 4) is 5.75 Å². The second kappa shape index (κ2) is 6.67. The Labute approximate surface area is 123 Å². The van der Waals surface area contributed by atoms with Gasteiger partial charge in [-0.2, -0.15) is 0 Å². The number of likely N-dealkylation sites (tertiary alicyclic amines) is 1. The number of nitrogens with zero attached hydrogens (tertiary/aromatic N) is 2. The molecule has 1 aromatic rings. The van der Waals surface area contributed by atoms with Crippen LogP contribution in [-0.4, -0.2) is 35.8 Å². The van der Waals surface area contributed by atoms with Gasteiger partial charge in [0, 0.05) is 18.5 Å². The van der Waals surface area contributed by atoms with E-state index in [4.69, 9.17) is 4.74 Å². The predicted octanol–water partition coefficient (Wildman–Crippen LogP) is 2.40. The van der Waals surface area contributed by atoms with Gasteiger partial charge < -0.3 is 4.74 Å². The Morgan fingerprint density at radius 3 is 2.57 bits per heavy atom. The zero-order valence-electron chi connectivity index (χ0n) is 12.4. The van der Waals surface area contributed by atoms with Crippen molar-refractivity contribution >= 4 is 11.5 Å². The normalized spacial score (nSPS) is 16.7. The van der Waals surface area contributed by atoms with Crippen LogP contribution in [0, 0.1) is 16.0 Å². The number of hydrogen-bond donors (Lipinski definition) is 0. The van der Waals surface area contributed by atoms with Gasteiger partial charge in [-0.3, -0.25) is 19.8 Å². The maximum absolute atomic E-state index is 11.4. The highest BCUT2D eigenvalue weighted by Gasteiger charge is 2.22. The van der Waals surface area contributed by atoms with E-state index in [0.717, 1.165) is 31.5 Å². The fourth-order valence-electron chi connectivity index (χ4n) is 2.71. The number of ether oxygens (including phenoxy) is 1. The van der Waals surface area contributed by atoms with Crippen molar-refractivity contribution < 1.29 is 14.5 Å². The molecule has 0 bridgehead atoms. The second-order valence-electron chi connectivity index (χ2n) is 5.46. The van der Waals surface area contributed by atoms with Crippen LogP contribution in [0.5, 0.6) is 5.75 Å². The molecule has 0 atom stereocenters. The summed E-state index contributed by atoms with van der Waals surface area (Å²) in [6, 6.07) is 4.83. The fourth-order valence-corrected chi connectivity index (χ4v) is 2.71. The zero-order chi connectivity index (χ0) is 15.4. The van der Waals surface area contributed by atoms with Gasteiger partial charge in [-0.25, -0.2) is 0 Å². The van der Waals surface area contributed by atoms with E-state index in [-0.39, 0.29) is 17.4 Å². The Bertz CT molecular complexity index is 536. The molecule has 21 heavy (non-hydrogen) atoms. The monoisotopic (exact) mass is 292 g/mol. The number of hydrogen-bond acceptors (Lipinski definition) is 5. The predicted molar refractivity (Wildman–Crippen MR) is 78.3 cm³/mol. The van der Waals surface area contributed by atoms with E-state index < -0.39 is 4.92 Å². The minimum absolute atomic E-state index is 0.0444. The van der Waals surface area contributed by atoms with Gasteiger partial charge in [0.2, 0.25) is 0 Å². The molecule has 1 saturated heterocycles. The van der Waals surface area contributed by atoms with E-state index in [1.165, 1.54) is 13.2 Å². The van der Waals surface area contributed by atoms with Crippen LogP contribution in [0.2, 0.25) is 0 Å². The Hall–Kier alpha value is -1.95. The third-order valence-electron chi connectivity index (χ3n) is 3.97. The lowest BCUT2D eigenvalue weighted by molar-refractivity contribution is -0.385. The lowest BCUT2D eigenvalue weighted by Crippen LogP contribution is -2.35. The molecule has 1 heterocycles. The molecular formula is C15H20N2O4. The molecule has 0 N–H and O–H groups in total. The van der Waals surface area contributed by atoms with Crippen LogP contribution in [0.15, 0.2) is 18.2 Å². The van der Waals surface area contributed by atoms with Gasteiger partial charge in [-0.15, -0.1) is 0 Å². The van der Waals surface area contributed by atoms with Gasteiger partial charge in [-0.1, -0.05) is 0 Å². The number of benzene rings is 1. The summed E-state index contributed by atoms with van der Waals surface area (Å²) in [6.07, 6.45) is 1.72. The molecule has 0 radical (unpaired) electrons. The van der Waals surface area contributed by atoms with E-state index in [9.17, 15) is 14.9 Å². The molecule has 1 aromatic carbocycles. The minimum atomic E-state index is -0.409. The first-order chi connectivity index (χ1) is 9.99. The number of nitro benzene ring substituents is 1. The van der Waals surface area contributed by atoms with Crippen molar-refractivity contribution in [2.24, 2.45) is 5.92 Å². The first-order valence-electron chi connectivity index (χ1n) is 7.04. The molecule has 0 spiro atoms. The van der Waals surface area contributed by atoms with E-state index in [0.29, 0.717) is 12.3 Å². The van der Waals surface area contributed by atoms with Crippen molar-refractivity contribution in [3.63, 3.8) is 0 Å². The Morgan fingerprint density at radius 1 is 1.38 bits per heavy atom. The highest BCUT2D eigenvalue weighted by molar-refractivity contribution is 5.78. The summed E-state index contributed by atoms with van der Waals surface area (Å²) >= 11 is 0. The number of carbonyl (C=O) groups is 1. The van der Waals surface area contributed by atoms with Crippen molar-refractivity contribution in [3.05, 3.63) is 33.9 Å². The van der Waals surface area contributed by atoms with E-state index in [2.05, 4.69) is 4.90 Å². The summed E-state index contributed by atoms with van der Waals surface area (Å²) < 4.78 is 5.12. The number of Topliss-reactive ketones (excluding diaryl/α,β-unsaturated/α-hetero) is 1. The molecule has 0 unspecified atom stereocenters. The van der Waals surface area contributed by atoms with E-state index >= 15 is 0 Å². The average molecular weight is 292 g/mol. The van der Waals surface area contributed by atoms with Gasteiger partial charge in [0.25, 0.3) is 5.69 Å². The van der Waals surface area contributed by atoms with Crippen molar-refractivity contribution in [1.82, 2.24) is 4.90 Å². The Morgan fingerprint density at radius 2 is 2.05 bits per heavy atom. The van der Waals surface area contributed by atoms with Crippen LogP contribution in [0.25, 0.3) is 0 Å². The van der Waals surface area contributed by atoms with Crippen LogP contribution in [0.1, 0.15) is 25.3 Å².